The molecule has 1 unspecified atom stereocenters. The normalized spacial score (nSPS) is 21.8. The topological polar surface area (TPSA) is 89.3 Å². The van der Waals surface area contributed by atoms with Crippen LogP contribution in [0.2, 0.25) is 5.02 Å². The third-order valence-electron chi connectivity index (χ3n) is 3.07. The number of amides is 1. The van der Waals surface area contributed by atoms with Crippen molar-refractivity contribution in [3.63, 3.8) is 0 Å². The number of carbonyl (C=O) groups is 1. The number of carbonyl (C=O) groups excluding carboxylic acids is 1. The van der Waals surface area contributed by atoms with Crippen LogP contribution < -0.4 is 11.1 Å². The van der Waals surface area contributed by atoms with Gasteiger partial charge in [0.15, 0.2) is 9.84 Å². The summed E-state index contributed by atoms with van der Waals surface area (Å²) in [6, 6.07) is 4.47. The van der Waals surface area contributed by atoms with Gasteiger partial charge in [0.1, 0.15) is 0 Å². The highest BCUT2D eigenvalue weighted by Crippen LogP contribution is 2.26. The van der Waals surface area contributed by atoms with Crippen molar-refractivity contribution in [2.24, 2.45) is 5.73 Å². The van der Waals surface area contributed by atoms with Crippen LogP contribution in [-0.4, -0.2) is 31.9 Å². The second-order valence-corrected chi connectivity index (χ2v) is 7.29. The summed E-state index contributed by atoms with van der Waals surface area (Å²) >= 11 is 6.03. The van der Waals surface area contributed by atoms with Crippen LogP contribution in [0, 0.1) is 0 Å². The minimum Gasteiger partial charge on any atom is -0.380 e. The lowest BCUT2D eigenvalue weighted by atomic mass is 10.1. The number of halogens is 1. The number of sulfone groups is 1. The maximum absolute atomic E-state index is 11.6. The number of rotatable bonds is 3. The van der Waals surface area contributed by atoms with E-state index in [2.05, 4.69) is 5.32 Å². The van der Waals surface area contributed by atoms with E-state index in [0.717, 1.165) is 6.42 Å². The molecule has 1 atom stereocenters. The lowest BCUT2D eigenvalue weighted by molar-refractivity contribution is 0.100. The van der Waals surface area contributed by atoms with E-state index >= 15 is 0 Å². The molecule has 0 aliphatic carbocycles. The van der Waals surface area contributed by atoms with E-state index in [1.54, 1.807) is 12.1 Å². The van der Waals surface area contributed by atoms with Crippen molar-refractivity contribution < 1.29 is 13.2 Å². The summed E-state index contributed by atoms with van der Waals surface area (Å²) in [7, 11) is -2.99. The van der Waals surface area contributed by atoms with E-state index in [-0.39, 0.29) is 17.5 Å². The fraction of sp³-hybridized carbons (Fsp3) is 0.417. The van der Waals surface area contributed by atoms with Crippen molar-refractivity contribution in [2.45, 2.75) is 18.9 Å². The Hall–Kier alpha value is -1.27. The number of hydrogen-bond acceptors (Lipinski definition) is 4. The Morgan fingerprint density at radius 2 is 2.16 bits per heavy atom. The van der Waals surface area contributed by atoms with Gasteiger partial charge in [-0.15, -0.1) is 0 Å². The molecular weight excluding hydrogens is 288 g/mol. The molecule has 0 spiro atoms. The van der Waals surface area contributed by atoms with Crippen LogP contribution in [0.25, 0.3) is 0 Å². The molecule has 0 radical (unpaired) electrons. The first kappa shape index (κ1) is 14.1. The predicted molar refractivity (Wildman–Crippen MR) is 75.3 cm³/mol. The van der Waals surface area contributed by atoms with Crippen LogP contribution in [0.5, 0.6) is 0 Å². The Balaban J connectivity index is 2.18. The molecule has 2 rings (SSSR count). The van der Waals surface area contributed by atoms with Crippen LogP contribution in [-0.2, 0) is 9.84 Å². The number of hydrogen-bond donors (Lipinski definition) is 2. The molecule has 0 saturated carbocycles. The van der Waals surface area contributed by atoms with E-state index in [4.69, 9.17) is 17.3 Å². The van der Waals surface area contributed by atoms with Gasteiger partial charge >= 0.3 is 0 Å². The summed E-state index contributed by atoms with van der Waals surface area (Å²) in [4.78, 5) is 11.1. The van der Waals surface area contributed by atoms with Crippen LogP contribution in [0.4, 0.5) is 5.69 Å². The van der Waals surface area contributed by atoms with Gasteiger partial charge in [-0.3, -0.25) is 4.79 Å². The van der Waals surface area contributed by atoms with Gasteiger partial charge in [0.25, 0.3) is 0 Å². The molecule has 1 aliphatic rings. The first-order valence-electron chi connectivity index (χ1n) is 5.94. The highest BCUT2D eigenvalue weighted by atomic mass is 35.5. The maximum atomic E-state index is 11.6. The molecule has 1 aromatic rings. The number of primary amides is 1. The predicted octanol–water partition coefficient (Wildman–Crippen LogP) is 1.43. The van der Waals surface area contributed by atoms with Gasteiger partial charge in [0.05, 0.1) is 22.2 Å². The first-order valence-corrected chi connectivity index (χ1v) is 8.14. The minimum absolute atomic E-state index is 0.0874. The molecule has 1 saturated heterocycles. The van der Waals surface area contributed by atoms with Crippen molar-refractivity contribution in [2.75, 3.05) is 16.8 Å². The largest absolute Gasteiger partial charge is 0.380 e. The number of benzene rings is 1. The van der Waals surface area contributed by atoms with Gasteiger partial charge in [0.2, 0.25) is 5.91 Å². The van der Waals surface area contributed by atoms with Crippen LogP contribution in [0.3, 0.4) is 0 Å². The highest BCUT2D eigenvalue weighted by Gasteiger charge is 2.25. The average molecular weight is 303 g/mol. The average Bonchev–Trinajstić information content (AvgIpc) is 2.30. The van der Waals surface area contributed by atoms with Crippen LogP contribution in [0.15, 0.2) is 18.2 Å². The fourth-order valence-corrected chi connectivity index (χ4v) is 3.95. The smallest absolute Gasteiger partial charge is 0.248 e. The molecule has 3 N–H and O–H groups in total. The molecule has 1 amide bonds. The molecule has 19 heavy (non-hydrogen) atoms. The zero-order valence-electron chi connectivity index (χ0n) is 10.2. The molecule has 1 aromatic carbocycles. The molecule has 1 heterocycles. The van der Waals surface area contributed by atoms with E-state index < -0.39 is 15.7 Å². The third kappa shape index (κ3) is 3.61. The Morgan fingerprint density at radius 3 is 2.79 bits per heavy atom. The van der Waals surface area contributed by atoms with Gasteiger partial charge in [-0.2, -0.15) is 0 Å². The Bertz CT molecular complexity index is 601. The molecule has 1 fully saturated rings. The fourth-order valence-electron chi connectivity index (χ4n) is 2.15. The summed E-state index contributed by atoms with van der Waals surface area (Å²) in [5.74, 6) is -0.222. The standard InChI is InChI=1S/C12H15ClN2O3S/c13-10-4-3-8(12(14)16)6-11(10)15-9-2-1-5-19(17,18)7-9/h3-4,6,9,15H,1-2,5,7H2,(H2,14,16). The summed E-state index contributed by atoms with van der Waals surface area (Å²) in [6.45, 7) is 0. The van der Waals surface area contributed by atoms with Crippen molar-refractivity contribution in [3.8, 4) is 0 Å². The van der Waals surface area contributed by atoms with Crippen molar-refractivity contribution >= 4 is 33.0 Å². The zero-order valence-corrected chi connectivity index (χ0v) is 11.8. The number of nitrogens with one attached hydrogen (secondary N) is 1. The Labute approximate surface area is 117 Å². The lowest BCUT2D eigenvalue weighted by Crippen LogP contribution is -2.34. The second kappa shape index (κ2) is 5.38. The summed E-state index contributed by atoms with van der Waals surface area (Å²) in [6.07, 6.45) is 1.39. The maximum Gasteiger partial charge on any atom is 0.248 e. The number of nitrogens with two attached hydrogens (primary N) is 1. The zero-order chi connectivity index (χ0) is 14.0. The molecule has 0 bridgehead atoms. The quantitative estimate of drug-likeness (QED) is 0.884. The molecule has 5 nitrogen and oxygen atoms in total. The molecule has 0 aromatic heterocycles. The van der Waals surface area contributed by atoms with Crippen molar-refractivity contribution in [1.29, 1.82) is 0 Å². The summed E-state index contributed by atoms with van der Waals surface area (Å²) in [5, 5.41) is 3.52. The van der Waals surface area contributed by atoms with Gasteiger partial charge in [0, 0.05) is 11.6 Å². The van der Waals surface area contributed by atoms with Gasteiger partial charge in [-0.25, -0.2) is 8.42 Å². The van der Waals surface area contributed by atoms with E-state index in [1.165, 1.54) is 6.07 Å². The number of anilines is 1. The first-order chi connectivity index (χ1) is 8.87. The Morgan fingerprint density at radius 1 is 1.42 bits per heavy atom. The van der Waals surface area contributed by atoms with Crippen LogP contribution >= 0.6 is 11.6 Å². The SMILES string of the molecule is NC(=O)c1ccc(Cl)c(NC2CCCS(=O)(=O)C2)c1. The monoisotopic (exact) mass is 302 g/mol. The van der Waals surface area contributed by atoms with Gasteiger partial charge in [-0.05, 0) is 31.0 Å². The van der Waals surface area contributed by atoms with Gasteiger partial charge < -0.3 is 11.1 Å². The van der Waals surface area contributed by atoms with E-state index in [9.17, 15) is 13.2 Å². The summed E-state index contributed by atoms with van der Waals surface area (Å²) < 4.78 is 23.1. The molecular formula is C12H15ClN2O3S. The van der Waals surface area contributed by atoms with Crippen molar-refractivity contribution in [1.82, 2.24) is 0 Å². The highest BCUT2D eigenvalue weighted by molar-refractivity contribution is 7.91. The minimum atomic E-state index is -2.99. The Kier molecular flexibility index (Phi) is 4.01. The molecule has 104 valence electrons. The van der Waals surface area contributed by atoms with Gasteiger partial charge in [-0.1, -0.05) is 11.6 Å². The van der Waals surface area contributed by atoms with Crippen molar-refractivity contribution in [3.05, 3.63) is 28.8 Å². The lowest BCUT2D eigenvalue weighted by Gasteiger charge is -2.24. The summed E-state index contributed by atoms with van der Waals surface area (Å²) in [5.41, 5.74) is 6.08. The van der Waals surface area contributed by atoms with Crippen LogP contribution in [0.1, 0.15) is 23.2 Å². The third-order valence-corrected chi connectivity index (χ3v) is 5.22. The molecule has 7 heteroatoms. The second-order valence-electron chi connectivity index (χ2n) is 4.66. The van der Waals surface area contributed by atoms with E-state index in [1.807, 2.05) is 0 Å². The van der Waals surface area contributed by atoms with E-state index in [0.29, 0.717) is 22.7 Å². The molecule has 1 aliphatic heterocycles.